The third-order valence-corrected chi connectivity index (χ3v) is 5.73. The standard InChI is InChI=1S/C30H20N2O3/c33-30(31-21-14-16-23(17-15-21)34-22-9-2-1-3-10-22)25-19-27(32-26-12-6-5-11-24(25)26)29-18-20-8-4-7-13-28(20)35-29/h1-19H,(H,31,33). The summed E-state index contributed by atoms with van der Waals surface area (Å²) in [5.74, 6) is 1.84. The van der Waals surface area contributed by atoms with Gasteiger partial charge in [-0.25, -0.2) is 4.98 Å². The van der Waals surface area contributed by atoms with Crippen molar-refractivity contribution in [1.29, 1.82) is 0 Å². The van der Waals surface area contributed by atoms with Gasteiger partial charge >= 0.3 is 0 Å². The van der Waals surface area contributed by atoms with Crippen LogP contribution in [-0.4, -0.2) is 10.9 Å². The Kier molecular flexibility index (Phi) is 5.20. The number of furan rings is 1. The third kappa shape index (κ3) is 4.23. The molecule has 2 heterocycles. The Morgan fingerprint density at radius 2 is 1.46 bits per heavy atom. The second-order valence-corrected chi connectivity index (χ2v) is 8.11. The summed E-state index contributed by atoms with van der Waals surface area (Å²) in [7, 11) is 0. The number of nitrogens with zero attached hydrogens (tertiary/aromatic N) is 1. The zero-order valence-electron chi connectivity index (χ0n) is 18.6. The van der Waals surface area contributed by atoms with Crippen LogP contribution in [0.2, 0.25) is 0 Å². The Bertz CT molecular complexity index is 1620. The molecule has 0 saturated heterocycles. The lowest BCUT2D eigenvalue weighted by Gasteiger charge is -2.11. The molecular weight excluding hydrogens is 436 g/mol. The highest BCUT2D eigenvalue weighted by Crippen LogP contribution is 2.30. The Labute approximate surface area is 201 Å². The number of hydrogen-bond acceptors (Lipinski definition) is 4. The van der Waals surface area contributed by atoms with Crippen molar-refractivity contribution in [3.05, 3.63) is 121 Å². The van der Waals surface area contributed by atoms with Gasteiger partial charge in [-0.2, -0.15) is 0 Å². The molecule has 1 amide bonds. The molecule has 0 spiro atoms. The molecule has 35 heavy (non-hydrogen) atoms. The molecule has 5 heteroatoms. The number of carbonyl (C=O) groups is 1. The summed E-state index contributed by atoms with van der Waals surface area (Å²) in [6.07, 6.45) is 0. The van der Waals surface area contributed by atoms with Crippen molar-refractivity contribution in [3.63, 3.8) is 0 Å². The number of rotatable bonds is 5. The van der Waals surface area contributed by atoms with Gasteiger partial charge in [0.1, 0.15) is 22.8 Å². The monoisotopic (exact) mass is 456 g/mol. The summed E-state index contributed by atoms with van der Waals surface area (Å²) in [5.41, 5.74) is 3.30. The van der Waals surface area contributed by atoms with E-state index in [0.717, 1.165) is 27.6 Å². The molecule has 0 unspecified atom stereocenters. The minimum atomic E-state index is -0.224. The van der Waals surface area contributed by atoms with Crippen molar-refractivity contribution in [2.75, 3.05) is 5.32 Å². The quantitative estimate of drug-likeness (QED) is 0.289. The number of para-hydroxylation sites is 3. The van der Waals surface area contributed by atoms with Crippen LogP contribution in [0.15, 0.2) is 120 Å². The van der Waals surface area contributed by atoms with Gasteiger partial charge in [0.15, 0.2) is 5.76 Å². The van der Waals surface area contributed by atoms with Crippen LogP contribution in [-0.2, 0) is 0 Å². The first-order valence-electron chi connectivity index (χ1n) is 11.3. The van der Waals surface area contributed by atoms with E-state index in [-0.39, 0.29) is 5.91 Å². The summed E-state index contributed by atoms with van der Waals surface area (Å²) in [6.45, 7) is 0. The Hall–Kier alpha value is -4.90. The van der Waals surface area contributed by atoms with Crippen LogP contribution in [0.4, 0.5) is 5.69 Å². The maximum atomic E-state index is 13.4. The largest absolute Gasteiger partial charge is 0.457 e. The topological polar surface area (TPSA) is 64.4 Å². The summed E-state index contributed by atoms with van der Waals surface area (Å²) in [4.78, 5) is 18.1. The first kappa shape index (κ1) is 20.7. The average Bonchev–Trinajstić information content (AvgIpc) is 3.34. The second-order valence-electron chi connectivity index (χ2n) is 8.11. The fourth-order valence-electron chi connectivity index (χ4n) is 4.03. The molecule has 0 aliphatic rings. The highest BCUT2D eigenvalue weighted by Gasteiger charge is 2.16. The number of anilines is 1. The van der Waals surface area contributed by atoms with Crippen LogP contribution in [0.3, 0.4) is 0 Å². The van der Waals surface area contributed by atoms with Crippen LogP contribution < -0.4 is 10.1 Å². The van der Waals surface area contributed by atoms with Crippen LogP contribution in [0.1, 0.15) is 10.4 Å². The van der Waals surface area contributed by atoms with E-state index in [1.807, 2.05) is 109 Å². The lowest BCUT2D eigenvalue weighted by Crippen LogP contribution is -2.13. The zero-order chi connectivity index (χ0) is 23.6. The van der Waals surface area contributed by atoms with E-state index in [1.54, 1.807) is 6.07 Å². The predicted molar refractivity (Wildman–Crippen MR) is 138 cm³/mol. The van der Waals surface area contributed by atoms with Crippen molar-refractivity contribution in [2.24, 2.45) is 0 Å². The molecule has 0 bridgehead atoms. The number of pyridine rings is 1. The molecule has 1 N–H and O–H groups in total. The molecule has 0 atom stereocenters. The van der Waals surface area contributed by atoms with Gasteiger partial charge in [-0.3, -0.25) is 4.79 Å². The highest BCUT2D eigenvalue weighted by molar-refractivity contribution is 6.13. The molecule has 0 saturated carbocycles. The maximum absolute atomic E-state index is 13.4. The number of nitrogens with one attached hydrogen (secondary N) is 1. The molecule has 4 aromatic carbocycles. The van der Waals surface area contributed by atoms with Crippen molar-refractivity contribution >= 4 is 33.5 Å². The van der Waals surface area contributed by atoms with E-state index in [9.17, 15) is 4.79 Å². The predicted octanol–water partition coefficient (Wildman–Crippen LogP) is 7.69. The Morgan fingerprint density at radius 1 is 0.743 bits per heavy atom. The van der Waals surface area contributed by atoms with E-state index in [0.29, 0.717) is 28.5 Å². The van der Waals surface area contributed by atoms with Gasteiger partial charge < -0.3 is 14.5 Å². The lowest BCUT2D eigenvalue weighted by molar-refractivity contribution is 0.102. The summed E-state index contributed by atoms with van der Waals surface area (Å²) >= 11 is 0. The zero-order valence-corrected chi connectivity index (χ0v) is 18.6. The smallest absolute Gasteiger partial charge is 0.256 e. The van der Waals surface area contributed by atoms with E-state index in [4.69, 9.17) is 14.1 Å². The molecule has 6 rings (SSSR count). The van der Waals surface area contributed by atoms with E-state index in [1.165, 1.54) is 0 Å². The normalized spacial score (nSPS) is 11.0. The summed E-state index contributed by atoms with van der Waals surface area (Å²) < 4.78 is 11.8. The molecule has 168 valence electrons. The molecule has 0 radical (unpaired) electrons. The molecule has 2 aromatic heterocycles. The first-order valence-corrected chi connectivity index (χ1v) is 11.3. The molecular formula is C30H20N2O3. The second kappa shape index (κ2) is 8.80. The first-order chi connectivity index (χ1) is 17.2. The number of fused-ring (bicyclic) bond motifs is 2. The fourth-order valence-corrected chi connectivity index (χ4v) is 4.03. The van der Waals surface area contributed by atoms with Crippen LogP contribution in [0, 0.1) is 0 Å². The van der Waals surface area contributed by atoms with Gasteiger partial charge in [0.25, 0.3) is 5.91 Å². The van der Waals surface area contributed by atoms with Gasteiger partial charge in [-0.15, -0.1) is 0 Å². The third-order valence-electron chi connectivity index (χ3n) is 5.73. The van der Waals surface area contributed by atoms with Gasteiger partial charge in [-0.1, -0.05) is 54.6 Å². The van der Waals surface area contributed by atoms with Gasteiger partial charge in [0.2, 0.25) is 0 Å². The molecule has 5 nitrogen and oxygen atoms in total. The van der Waals surface area contributed by atoms with Gasteiger partial charge in [-0.05, 0) is 60.7 Å². The van der Waals surface area contributed by atoms with Gasteiger partial charge in [0.05, 0.1) is 11.1 Å². The summed E-state index contributed by atoms with van der Waals surface area (Å²) in [6, 6.07) is 36.0. The maximum Gasteiger partial charge on any atom is 0.256 e. The van der Waals surface area contributed by atoms with Crippen molar-refractivity contribution in [2.45, 2.75) is 0 Å². The van der Waals surface area contributed by atoms with Crippen LogP contribution in [0.5, 0.6) is 11.5 Å². The number of hydrogen-bond donors (Lipinski definition) is 1. The van der Waals surface area contributed by atoms with Crippen LogP contribution >= 0.6 is 0 Å². The van der Waals surface area contributed by atoms with E-state index < -0.39 is 0 Å². The van der Waals surface area contributed by atoms with Gasteiger partial charge in [0, 0.05) is 16.5 Å². The minimum absolute atomic E-state index is 0.224. The number of amides is 1. The number of benzene rings is 4. The average molecular weight is 457 g/mol. The number of carbonyl (C=O) groups excluding carboxylic acids is 1. The minimum Gasteiger partial charge on any atom is -0.457 e. The molecule has 0 aliphatic heterocycles. The SMILES string of the molecule is O=C(Nc1ccc(Oc2ccccc2)cc1)c1cc(-c2cc3ccccc3o2)nc2ccccc12. The fraction of sp³-hybridized carbons (Fsp3) is 0. The number of aromatic nitrogens is 1. The molecule has 0 fully saturated rings. The van der Waals surface area contributed by atoms with Crippen molar-refractivity contribution in [1.82, 2.24) is 4.98 Å². The van der Waals surface area contributed by atoms with E-state index in [2.05, 4.69) is 5.32 Å². The lowest BCUT2D eigenvalue weighted by atomic mass is 10.1. The van der Waals surface area contributed by atoms with Crippen molar-refractivity contribution < 1.29 is 13.9 Å². The number of ether oxygens (including phenoxy) is 1. The van der Waals surface area contributed by atoms with Crippen molar-refractivity contribution in [3.8, 4) is 23.0 Å². The molecule has 6 aromatic rings. The molecule has 0 aliphatic carbocycles. The Morgan fingerprint density at radius 3 is 2.29 bits per heavy atom. The summed E-state index contributed by atoms with van der Waals surface area (Å²) in [5, 5.41) is 4.75. The Balaban J connectivity index is 1.31. The van der Waals surface area contributed by atoms with Crippen LogP contribution in [0.25, 0.3) is 33.3 Å². The van der Waals surface area contributed by atoms with E-state index >= 15 is 0 Å². The highest BCUT2D eigenvalue weighted by atomic mass is 16.5.